The van der Waals surface area contributed by atoms with Gasteiger partial charge in [-0.25, -0.2) is 4.98 Å². The molecular weight excluding hydrogens is 286 g/mol. The molecule has 1 aromatic heterocycles. The van der Waals surface area contributed by atoms with E-state index in [9.17, 15) is 5.26 Å². The molecule has 1 N–H and O–H groups in total. The number of benzene rings is 1. The molecule has 6 heteroatoms. The molecule has 0 unspecified atom stereocenters. The summed E-state index contributed by atoms with van der Waals surface area (Å²) in [6, 6.07) is 7.56. The van der Waals surface area contributed by atoms with Crippen molar-refractivity contribution < 1.29 is 9.47 Å². The number of anilines is 1. The SMILES string of the molecule is COc1ccc(N/C=C(\C#N)c2nc(C)cs2)c(OC)c1. The normalized spacial score (nSPS) is 10.9. The van der Waals surface area contributed by atoms with E-state index in [-0.39, 0.29) is 0 Å². The second kappa shape index (κ2) is 6.77. The number of nitriles is 1. The molecule has 2 aromatic rings. The van der Waals surface area contributed by atoms with E-state index in [2.05, 4.69) is 16.4 Å². The van der Waals surface area contributed by atoms with Crippen molar-refractivity contribution in [2.45, 2.75) is 6.92 Å². The first kappa shape index (κ1) is 14.9. The zero-order chi connectivity index (χ0) is 15.2. The Morgan fingerprint density at radius 2 is 2.19 bits per heavy atom. The number of hydrogen-bond donors (Lipinski definition) is 1. The van der Waals surface area contributed by atoms with Crippen molar-refractivity contribution >= 4 is 22.6 Å². The van der Waals surface area contributed by atoms with Crippen molar-refractivity contribution in [3.63, 3.8) is 0 Å². The number of hydrogen-bond acceptors (Lipinski definition) is 6. The third-order valence-electron chi connectivity index (χ3n) is 2.75. The van der Waals surface area contributed by atoms with Crippen LogP contribution in [0.25, 0.3) is 5.57 Å². The van der Waals surface area contributed by atoms with Crippen LogP contribution in [0.15, 0.2) is 29.8 Å². The number of nitrogens with one attached hydrogen (secondary N) is 1. The molecule has 0 radical (unpaired) electrons. The highest BCUT2D eigenvalue weighted by molar-refractivity contribution is 7.10. The topological polar surface area (TPSA) is 67.2 Å². The average molecular weight is 301 g/mol. The summed E-state index contributed by atoms with van der Waals surface area (Å²) in [6.45, 7) is 1.90. The van der Waals surface area contributed by atoms with Gasteiger partial charge in [0.05, 0.1) is 19.9 Å². The lowest BCUT2D eigenvalue weighted by molar-refractivity contribution is 0.395. The lowest BCUT2D eigenvalue weighted by Gasteiger charge is -2.10. The first-order chi connectivity index (χ1) is 10.2. The number of ether oxygens (including phenoxy) is 2. The maximum atomic E-state index is 9.23. The number of methoxy groups -OCH3 is 2. The third-order valence-corrected chi connectivity index (χ3v) is 3.74. The Morgan fingerprint density at radius 3 is 2.76 bits per heavy atom. The van der Waals surface area contributed by atoms with Gasteiger partial charge in [-0.15, -0.1) is 11.3 Å². The molecule has 1 aromatic carbocycles. The number of nitrogens with zero attached hydrogens (tertiary/aromatic N) is 2. The van der Waals surface area contributed by atoms with Gasteiger partial charge in [0.15, 0.2) is 0 Å². The van der Waals surface area contributed by atoms with E-state index < -0.39 is 0 Å². The lowest BCUT2D eigenvalue weighted by Crippen LogP contribution is -1.95. The highest BCUT2D eigenvalue weighted by Crippen LogP contribution is 2.29. The molecule has 5 nitrogen and oxygen atoms in total. The van der Waals surface area contributed by atoms with Crippen molar-refractivity contribution in [3.8, 4) is 17.6 Å². The number of aromatic nitrogens is 1. The fraction of sp³-hybridized carbons (Fsp3) is 0.200. The summed E-state index contributed by atoms with van der Waals surface area (Å²) < 4.78 is 10.4. The van der Waals surface area contributed by atoms with Crippen molar-refractivity contribution in [1.29, 1.82) is 5.26 Å². The van der Waals surface area contributed by atoms with Crippen LogP contribution in [-0.2, 0) is 0 Å². The minimum atomic E-state index is 0.478. The average Bonchev–Trinajstić information content (AvgIpc) is 2.94. The summed E-state index contributed by atoms with van der Waals surface area (Å²) in [5, 5.41) is 14.9. The van der Waals surface area contributed by atoms with Crippen LogP contribution in [0.3, 0.4) is 0 Å². The first-order valence-electron chi connectivity index (χ1n) is 6.19. The molecule has 0 fully saturated rings. The Hall–Kier alpha value is -2.52. The van der Waals surface area contributed by atoms with Crippen LogP contribution < -0.4 is 14.8 Å². The highest BCUT2D eigenvalue weighted by Gasteiger charge is 2.07. The van der Waals surface area contributed by atoms with Crippen molar-refractivity contribution in [2.75, 3.05) is 19.5 Å². The molecule has 0 spiro atoms. The smallest absolute Gasteiger partial charge is 0.145 e. The molecule has 0 bridgehead atoms. The van der Waals surface area contributed by atoms with Crippen LogP contribution in [0.5, 0.6) is 11.5 Å². The van der Waals surface area contributed by atoms with Gasteiger partial charge in [0.25, 0.3) is 0 Å². The summed E-state index contributed by atoms with van der Waals surface area (Å²) in [7, 11) is 3.18. The number of aryl methyl sites for hydroxylation is 1. The standard InChI is InChI=1S/C15H15N3O2S/c1-10-9-21-15(18-10)11(7-16)8-17-13-5-4-12(19-2)6-14(13)20-3/h4-6,8-9,17H,1-3H3/b11-8+. The summed E-state index contributed by atoms with van der Waals surface area (Å²) >= 11 is 1.44. The van der Waals surface area contributed by atoms with E-state index in [0.29, 0.717) is 22.1 Å². The molecule has 0 amide bonds. The summed E-state index contributed by atoms with van der Waals surface area (Å²) in [5.41, 5.74) is 2.13. The fourth-order valence-electron chi connectivity index (χ4n) is 1.69. The minimum absolute atomic E-state index is 0.478. The zero-order valence-corrected chi connectivity index (χ0v) is 12.8. The molecule has 0 saturated heterocycles. The van der Waals surface area contributed by atoms with E-state index in [4.69, 9.17) is 9.47 Å². The van der Waals surface area contributed by atoms with E-state index in [1.54, 1.807) is 26.5 Å². The van der Waals surface area contributed by atoms with Gasteiger partial charge >= 0.3 is 0 Å². The molecular formula is C15H15N3O2S. The molecule has 1 heterocycles. The second-order valence-corrected chi connectivity index (χ2v) is 5.03. The van der Waals surface area contributed by atoms with Crippen LogP contribution in [0, 0.1) is 18.3 Å². The van der Waals surface area contributed by atoms with E-state index in [1.807, 2.05) is 24.4 Å². The largest absolute Gasteiger partial charge is 0.497 e. The van der Waals surface area contributed by atoms with E-state index in [1.165, 1.54) is 11.3 Å². The Labute approximate surface area is 127 Å². The van der Waals surface area contributed by atoms with Gasteiger partial charge in [0.1, 0.15) is 28.1 Å². The third kappa shape index (κ3) is 3.52. The van der Waals surface area contributed by atoms with Crippen molar-refractivity contribution in [1.82, 2.24) is 4.98 Å². The highest BCUT2D eigenvalue weighted by atomic mass is 32.1. The predicted octanol–water partition coefficient (Wildman–Crippen LogP) is 3.45. The van der Waals surface area contributed by atoms with Gasteiger partial charge in [0.2, 0.25) is 0 Å². The Morgan fingerprint density at radius 1 is 1.38 bits per heavy atom. The molecule has 0 atom stereocenters. The van der Waals surface area contributed by atoms with Gasteiger partial charge in [0, 0.05) is 23.3 Å². The zero-order valence-electron chi connectivity index (χ0n) is 12.0. The quantitative estimate of drug-likeness (QED) is 0.857. The first-order valence-corrected chi connectivity index (χ1v) is 7.07. The van der Waals surface area contributed by atoms with Gasteiger partial charge in [-0.05, 0) is 19.1 Å². The molecule has 21 heavy (non-hydrogen) atoms. The van der Waals surface area contributed by atoms with Crippen LogP contribution in [-0.4, -0.2) is 19.2 Å². The molecule has 108 valence electrons. The second-order valence-electron chi connectivity index (χ2n) is 4.17. The monoisotopic (exact) mass is 301 g/mol. The van der Waals surface area contributed by atoms with Crippen molar-refractivity contribution in [2.24, 2.45) is 0 Å². The maximum absolute atomic E-state index is 9.23. The molecule has 0 saturated carbocycles. The summed E-state index contributed by atoms with van der Waals surface area (Å²) in [4.78, 5) is 4.30. The maximum Gasteiger partial charge on any atom is 0.145 e. The van der Waals surface area contributed by atoms with Crippen LogP contribution in [0.4, 0.5) is 5.69 Å². The number of rotatable bonds is 5. The van der Waals surface area contributed by atoms with Crippen molar-refractivity contribution in [3.05, 3.63) is 40.5 Å². The van der Waals surface area contributed by atoms with Gasteiger partial charge < -0.3 is 14.8 Å². The van der Waals surface area contributed by atoms with Gasteiger partial charge in [-0.1, -0.05) is 0 Å². The Bertz CT molecular complexity index is 701. The number of thiazole rings is 1. The lowest BCUT2D eigenvalue weighted by atomic mass is 10.2. The molecule has 2 rings (SSSR count). The fourth-order valence-corrected chi connectivity index (χ4v) is 2.45. The van der Waals surface area contributed by atoms with Gasteiger partial charge in [-0.2, -0.15) is 5.26 Å². The minimum Gasteiger partial charge on any atom is -0.497 e. The Kier molecular flexibility index (Phi) is 4.80. The summed E-state index contributed by atoms with van der Waals surface area (Å²) in [5.74, 6) is 1.34. The molecule has 0 aliphatic rings. The van der Waals surface area contributed by atoms with Crippen LogP contribution in [0.2, 0.25) is 0 Å². The molecule has 0 aliphatic carbocycles. The van der Waals surface area contributed by atoms with Gasteiger partial charge in [-0.3, -0.25) is 0 Å². The number of allylic oxidation sites excluding steroid dienone is 1. The Balaban J connectivity index is 2.25. The predicted molar refractivity (Wildman–Crippen MR) is 83.6 cm³/mol. The summed E-state index contributed by atoms with van der Waals surface area (Å²) in [6.07, 6.45) is 1.63. The van der Waals surface area contributed by atoms with E-state index in [0.717, 1.165) is 11.4 Å². The molecule has 0 aliphatic heterocycles. The van der Waals surface area contributed by atoms with Crippen LogP contribution in [0.1, 0.15) is 10.7 Å². The van der Waals surface area contributed by atoms with Crippen LogP contribution >= 0.6 is 11.3 Å². The van der Waals surface area contributed by atoms with E-state index >= 15 is 0 Å².